The quantitative estimate of drug-likeness (QED) is 0.322. The Kier molecular flexibility index (Phi) is 5.21. The minimum Gasteiger partial charge on any atom is -0.311 e. The molecule has 5 rings (SSSR count). The van der Waals surface area contributed by atoms with Crippen LogP contribution in [-0.2, 0) is 23.7 Å². The summed E-state index contributed by atoms with van der Waals surface area (Å²) >= 11 is 0. The van der Waals surface area contributed by atoms with Crippen LogP contribution in [0.25, 0.3) is 28.1 Å². The predicted molar refractivity (Wildman–Crippen MR) is 134 cm³/mol. The van der Waals surface area contributed by atoms with Gasteiger partial charge in [0, 0.05) is 44.9 Å². The monoisotopic (exact) mass is 482 g/mol. The number of amides is 4. The number of hydrogen-bond donors (Lipinski definition) is 0. The van der Waals surface area contributed by atoms with E-state index >= 15 is 0 Å². The second kappa shape index (κ2) is 8.16. The minimum absolute atomic E-state index is 0.0488. The first-order valence-corrected chi connectivity index (χ1v) is 11.2. The lowest BCUT2D eigenvalue weighted by Gasteiger charge is -2.30. The number of carbonyl (C=O) groups excluding carboxylic acids is 3. The van der Waals surface area contributed by atoms with Crippen molar-refractivity contribution in [2.75, 3.05) is 14.1 Å². The SMILES string of the molecule is CN1C(=O)C(=C(c2c3cccccc-3n(C)c2=O)c2c3cccccc-3n(C)c2=O)C(=O)N(C)C1=O. The van der Waals surface area contributed by atoms with Gasteiger partial charge in [0.1, 0.15) is 5.57 Å². The molecule has 0 aromatic heterocycles. The molecule has 0 radical (unpaired) electrons. The molecule has 0 aromatic rings. The van der Waals surface area contributed by atoms with Gasteiger partial charge >= 0.3 is 6.03 Å². The molecule has 0 saturated carbocycles. The van der Waals surface area contributed by atoms with Gasteiger partial charge in [-0.2, -0.15) is 0 Å². The maximum atomic E-state index is 13.7. The van der Waals surface area contributed by atoms with Gasteiger partial charge in [0.2, 0.25) is 0 Å². The highest BCUT2D eigenvalue weighted by atomic mass is 16.2. The molecular weight excluding hydrogens is 460 g/mol. The van der Waals surface area contributed by atoms with Crippen molar-refractivity contribution in [1.82, 2.24) is 18.9 Å². The second-order valence-corrected chi connectivity index (χ2v) is 8.66. The van der Waals surface area contributed by atoms with Crippen LogP contribution in [0.2, 0.25) is 0 Å². The highest BCUT2D eigenvalue weighted by Crippen LogP contribution is 2.39. The van der Waals surface area contributed by atoms with Crippen molar-refractivity contribution >= 4 is 23.4 Å². The first-order valence-electron chi connectivity index (χ1n) is 11.2. The van der Waals surface area contributed by atoms with E-state index in [1.165, 1.54) is 23.2 Å². The van der Waals surface area contributed by atoms with Crippen molar-refractivity contribution in [1.29, 1.82) is 0 Å². The van der Waals surface area contributed by atoms with E-state index in [1.807, 2.05) is 0 Å². The van der Waals surface area contributed by atoms with E-state index in [2.05, 4.69) is 0 Å². The van der Waals surface area contributed by atoms with Gasteiger partial charge in [0.05, 0.1) is 22.5 Å². The van der Waals surface area contributed by atoms with Gasteiger partial charge in [0.25, 0.3) is 22.9 Å². The van der Waals surface area contributed by atoms with Crippen LogP contribution in [0.15, 0.2) is 75.8 Å². The van der Waals surface area contributed by atoms with Gasteiger partial charge in [-0.05, 0) is 12.1 Å². The number of rotatable bonds is 2. The summed E-state index contributed by atoms with van der Waals surface area (Å²) in [4.78, 5) is 68.5. The van der Waals surface area contributed by atoms with E-state index < -0.39 is 34.5 Å². The Morgan fingerprint density at radius 2 is 0.944 bits per heavy atom. The molecule has 9 nitrogen and oxygen atoms in total. The topological polar surface area (TPSA) is 102 Å². The maximum absolute atomic E-state index is 13.7. The maximum Gasteiger partial charge on any atom is 0.333 e. The van der Waals surface area contributed by atoms with Crippen LogP contribution < -0.4 is 11.1 Å². The summed E-state index contributed by atoms with van der Waals surface area (Å²) in [6.07, 6.45) is 0. The first kappa shape index (κ1) is 23.0. The van der Waals surface area contributed by atoms with Gasteiger partial charge in [-0.25, -0.2) is 4.79 Å². The minimum atomic E-state index is -0.883. The second-order valence-electron chi connectivity index (χ2n) is 8.66. The average Bonchev–Trinajstić information content (AvgIpc) is 3.11. The molecule has 0 bridgehead atoms. The molecule has 5 aliphatic rings. The highest BCUT2D eigenvalue weighted by molar-refractivity contribution is 6.33. The van der Waals surface area contributed by atoms with Crippen LogP contribution in [0.5, 0.6) is 0 Å². The fraction of sp³-hybridized carbons (Fsp3) is 0.148. The predicted octanol–water partition coefficient (Wildman–Crippen LogP) is 2.15. The smallest absolute Gasteiger partial charge is 0.311 e. The van der Waals surface area contributed by atoms with Crippen molar-refractivity contribution in [3.63, 3.8) is 0 Å². The Morgan fingerprint density at radius 1 is 0.556 bits per heavy atom. The summed E-state index contributed by atoms with van der Waals surface area (Å²) in [6, 6.07) is 16.7. The number of barbiturate groups is 1. The third-order valence-corrected chi connectivity index (χ3v) is 6.69. The number of nitrogens with zero attached hydrogens (tertiary/aromatic N) is 4. The van der Waals surface area contributed by atoms with Gasteiger partial charge in [-0.3, -0.25) is 29.0 Å². The summed E-state index contributed by atoms with van der Waals surface area (Å²) in [5, 5.41) is 0. The molecule has 180 valence electrons. The summed E-state index contributed by atoms with van der Waals surface area (Å²) < 4.78 is 2.83. The standard InChI is InChI=1S/C27H22N4O5/c1-28-17-13-9-5-7-11-15(17)19(23(28)32)21(22-25(34)30(3)27(36)31(4)26(22)35)20-16-12-8-6-10-14-18(16)29(2)24(20)33/h5-14H,1-4H3. The highest BCUT2D eigenvalue weighted by Gasteiger charge is 2.43. The Balaban J connectivity index is 2.03. The molecular formula is C27H22N4O5. The number of hydrogen-bond acceptors (Lipinski definition) is 5. The van der Waals surface area contributed by atoms with Crippen molar-refractivity contribution in [2.45, 2.75) is 0 Å². The average molecular weight is 482 g/mol. The molecule has 0 spiro atoms. The molecule has 3 heterocycles. The third kappa shape index (κ3) is 3.06. The summed E-state index contributed by atoms with van der Waals surface area (Å²) in [5.41, 5.74) is 0.710. The largest absolute Gasteiger partial charge is 0.333 e. The fourth-order valence-electron chi connectivity index (χ4n) is 4.77. The van der Waals surface area contributed by atoms with Crippen molar-refractivity contribution in [3.05, 3.63) is 98.1 Å². The summed E-state index contributed by atoms with van der Waals surface area (Å²) in [5.74, 6) is -1.77. The molecule has 0 atom stereocenters. The van der Waals surface area contributed by atoms with Gasteiger partial charge in [-0.1, -0.05) is 48.5 Å². The zero-order valence-electron chi connectivity index (χ0n) is 20.1. The molecule has 4 amide bonds. The van der Waals surface area contributed by atoms with Crippen molar-refractivity contribution in [3.8, 4) is 22.5 Å². The van der Waals surface area contributed by atoms with Gasteiger partial charge < -0.3 is 9.13 Å². The van der Waals surface area contributed by atoms with Crippen LogP contribution in [0.4, 0.5) is 4.79 Å². The number of imide groups is 2. The van der Waals surface area contributed by atoms with E-state index in [0.29, 0.717) is 22.5 Å². The van der Waals surface area contributed by atoms with Gasteiger partial charge in [-0.15, -0.1) is 0 Å². The number of aromatic nitrogens is 2. The lowest BCUT2D eigenvalue weighted by Crippen LogP contribution is -2.53. The molecule has 0 aromatic carbocycles. The zero-order chi connectivity index (χ0) is 25.9. The van der Waals surface area contributed by atoms with E-state index in [9.17, 15) is 24.0 Å². The van der Waals surface area contributed by atoms with E-state index in [4.69, 9.17) is 0 Å². The Bertz CT molecular complexity index is 1570. The molecule has 3 aliphatic heterocycles. The van der Waals surface area contributed by atoms with E-state index in [0.717, 1.165) is 9.80 Å². The van der Waals surface area contributed by atoms with Crippen LogP contribution >= 0.6 is 0 Å². The molecule has 36 heavy (non-hydrogen) atoms. The molecule has 1 saturated heterocycles. The normalized spacial score (nSPS) is 14.3. The number of fused-ring (bicyclic) bond motifs is 2. The lowest BCUT2D eigenvalue weighted by atomic mass is 9.88. The molecule has 2 aliphatic carbocycles. The van der Waals surface area contributed by atoms with Crippen molar-refractivity contribution < 1.29 is 14.4 Å². The van der Waals surface area contributed by atoms with Crippen molar-refractivity contribution in [2.24, 2.45) is 14.1 Å². The first-order chi connectivity index (χ1) is 17.2. The molecule has 0 N–H and O–H groups in total. The Labute approximate surface area is 205 Å². The molecule has 0 unspecified atom stereocenters. The van der Waals surface area contributed by atoms with E-state index in [1.54, 1.807) is 74.8 Å². The number of likely N-dealkylation sites (N-methyl/N-ethyl adjacent to an activating group) is 2. The fourth-order valence-corrected chi connectivity index (χ4v) is 4.77. The van der Waals surface area contributed by atoms with Crippen LogP contribution in [0, 0.1) is 0 Å². The van der Waals surface area contributed by atoms with Crippen LogP contribution in [0.1, 0.15) is 11.1 Å². The Morgan fingerprint density at radius 3 is 1.36 bits per heavy atom. The lowest BCUT2D eigenvalue weighted by molar-refractivity contribution is -0.134. The summed E-state index contributed by atoms with van der Waals surface area (Å²) in [6.45, 7) is 0. The number of urea groups is 1. The summed E-state index contributed by atoms with van der Waals surface area (Å²) in [7, 11) is 5.69. The Hall–Kier alpha value is -4.79. The third-order valence-electron chi connectivity index (χ3n) is 6.69. The number of carbonyl (C=O) groups is 3. The van der Waals surface area contributed by atoms with Gasteiger partial charge in [0.15, 0.2) is 0 Å². The molecule has 1 fully saturated rings. The zero-order valence-corrected chi connectivity index (χ0v) is 20.1. The van der Waals surface area contributed by atoms with Crippen LogP contribution in [0.3, 0.4) is 0 Å². The van der Waals surface area contributed by atoms with Crippen LogP contribution in [-0.4, -0.2) is 50.9 Å². The van der Waals surface area contributed by atoms with E-state index in [-0.39, 0.29) is 16.7 Å². The molecule has 9 heteroatoms.